The molecule has 0 nitrogen and oxygen atoms in total. The Balaban J connectivity index is 0.000000236. The first kappa shape index (κ1) is 33.7. The molecule has 1 fully saturated rings. The first-order chi connectivity index (χ1) is 17.8. The molecular formula is C35H41Cl2SSiZr. The number of fused-ring (bicyclic) bond motifs is 1. The first-order valence-corrected chi connectivity index (χ1v) is 18.3. The van der Waals surface area contributed by atoms with E-state index in [0.29, 0.717) is 5.92 Å². The third-order valence-electron chi connectivity index (χ3n) is 9.35. The molecule has 2 bridgehead atoms. The van der Waals surface area contributed by atoms with E-state index in [4.69, 9.17) is 0 Å². The van der Waals surface area contributed by atoms with E-state index in [-0.39, 0.29) is 51.0 Å². The summed E-state index contributed by atoms with van der Waals surface area (Å²) in [7, 11) is -0.995. The molecule has 3 aromatic carbocycles. The molecule has 4 aliphatic rings. The zero-order valence-electron chi connectivity index (χ0n) is 24.7. The molecule has 2 aliphatic heterocycles. The Bertz CT molecular complexity index is 1490. The van der Waals surface area contributed by atoms with E-state index in [1.807, 2.05) is 11.3 Å². The number of hydrogen-bond donors (Lipinski definition) is 0. The standard InChI is InChI=1S/C24H27.C11H14SSi.2ClH.Zr/c1-17(2)22-15-21-9-6-10-23(24(21)16-22)20-13-11-19(12-14-20)18-7-4-3-5-8-18;1-6-5-8-9(12-6)11-7(2)10(8)13(11,3)4;;;/h6,9-18H,3-5,7-8H2,1-2H3;5,11H,1-4H3;2*1H;/q-1;;;;+3/p-2. The normalized spacial score (nSPS) is 18.6. The number of halogens is 2. The summed E-state index contributed by atoms with van der Waals surface area (Å²) in [4.78, 5) is 3.19. The smallest absolute Gasteiger partial charge is 1.00 e. The Morgan fingerprint density at radius 1 is 0.875 bits per heavy atom. The van der Waals surface area contributed by atoms with Crippen molar-refractivity contribution in [1.29, 1.82) is 0 Å². The summed E-state index contributed by atoms with van der Waals surface area (Å²) < 4.78 is 0. The van der Waals surface area contributed by atoms with Crippen molar-refractivity contribution in [3.63, 3.8) is 0 Å². The molecule has 3 heterocycles. The van der Waals surface area contributed by atoms with Gasteiger partial charge in [0.25, 0.3) is 0 Å². The molecule has 5 heteroatoms. The molecule has 1 aromatic heterocycles. The summed E-state index contributed by atoms with van der Waals surface area (Å²) in [5.41, 5.74) is 9.90. The van der Waals surface area contributed by atoms with Gasteiger partial charge in [-0.3, -0.25) is 0 Å². The predicted molar refractivity (Wildman–Crippen MR) is 167 cm³/mol. The summed E-state index contributed by atoms with van der Waals surface area (Å²) in [5.74, 6) is 1.37. The Kier molecular flexibility index (Phi) is 11.1. The average molecular weight is 684 g/mol. The van der Waals surface area contributed by atoms with E-state index < -0.39 is 8.07 Å². The van der Waals surface area contributed by atoms with Crippen molar-refractivity contribution >= 4 is 35.4 Å². The predicted octanol–water partition coefficient (Wildman–Crippen LogP) is 5.13. The fourth-order valence-electron chi connectivity index (χ4n) is 7.50. The van der Waals surface area contributed by atoms with Gasteiger partial charge in [0.1, 0.15) is 0 Å². The van der Waals surface area contributed by atoms with Gasteiger partial charge in [-0.25, -0.2) is 0 Å². The zero-order valence-corrected chi connectivity index (χ0v) is 30.5. The molecule has 0 spiro atoms. The zero-order chi connectivity index (χ0) is 25.9. The average Bonchev–Trinajstić information content (AvgIpc) is 3.60. The molecule has 1 atom stereocenters. The fraction of sp³-hybridized carbons (Fsp3) is 0.400. The van der Waals surface area contributed by atoms with E-state index in [0.717, 1.165) is 11.5 Å². The second-order valence-corrected chi connectivity index (χ2v) is 18.4. The quantitative estimate of drug-likeness (QED) is 0.208. The van der Waals surface area contributed by atoms with Gasteiger partial charge in [0.2, 0.25) is 0 Å². The summed E-state index contributed by atoms with van der Waals surface area (Å²) in [6.45, 7) is 14.1. The van der Waals surface area contributed by atoms with Crippen LogP contribution in [0.3, 0.4) is 0 Å². The largest absolute Gasteiger partial charge is 3.00 e. The molecule has 2 aliphatic carbocycles. The Labute approximate surface area is 278 Å². The van der Waals surface area contributed by atoms with Crippen LogP contribution in [0, 0.1) is 6.92 Å². The molecule has 0 N–H and O–H groups in total. The third kappa shape index (κ3) is 5.85. The van der Waals surface area contributed by atoms with Crippen LogP contribution in [-0.4, -0.2) is 8.07 Å². The molecular weight excluding hydrogens is 643 g/mol. The Morgan fingerprint density at radius 3 is 2.15 bits per heavy atom. The van der Waals surface area contributed by atoms with E-state index in [9.17, 15) is 0 Å². The SMILES string of the molecule is CC(C)c1cc2c(-c3ccc(C4CCCCC4)cc3)cccc2[cH-]1.CC1=C2c3cc(C)sc3C1[Si]2(C)C.[Cl-].[Cl-].[Zr+3]. The van der Waals surface area contributed by atoms with Gasteiger partial charge in [-0.2, -0.15) is 6.07 Å². The molecule has 0 amide bonds. The number of rotatable bonds is 3. The van der Waals surface area contributed by atoms with Crippen molar-refractivity contribution in [2.45, 2.75) is 90.3 Å². The van der Waals surface area contributed by atoms with E-state index >= 15 is 0 Å². The van der Waals surface area contributed by atoms with E-state index in [2.05, 4.69) is 101 Å². The van der Waals surface area contributed by atoms with Gasteiger partial charge in [-0.1, -0.05) is 92.9 Å². The van der Waals surface area contributed by atoms with E-state index in [1.165, 1.54) is 70.0 Å². The summed E-state index contributed by atoms with van der Waals surface area (Å²) in [6, 6.07) is 23.2. The van der Waals surface area contributed by atoms with Crippen LogP contribution in [0.2, 0.25) is 13.1 Å². The van der Waals surface area contributed by atoms with E-state index in [1.54, 1.807) is 21.2 Å². The molecule has 4 aromatic rings. The number of aryl methyl sites for hydroxylation is 1. The van der Waals surface area contributed by atoms with Crippen molar-refractivity contribution in [2.24, 2.45) is 0 Å². The van der Waals surface area contributed by atoms with Gasteiger partial charge in [-0.15, -0.1) is 45.9 Å². The minimum atomic E-state index is -0.995. The second kappa shape index (κ2) is 13.2. The molecule has 1 saturated carbocycles. The van der Waals surface area contributed by atoms with Gasteiger partial charge in [0.05, 0.1) is 8.07 Å². The fourth-order valence-corrected chi connectivity index (χ4v) is 13.9. The molecule has 209 valence electrons. The number of benzene rings is 2. The van der Waals surface area contributed by atoms with Crippen LogP contribution < -0.4 is 24.8 Å². The van der Waals surface area contributed by atoms with Gasteiger partial charge in [0.15, 0.2) is 0 Å². The molecule has 40 heavy (non-hydrogen) atoms. The van der Waals surface area contributed by atoms with Crippen LogP contribution in [0.25, 0.3) is 27.1 Å². The monoisotopic (exact) mass is 681 g/mol. The van der Waals surface area contributed by atoms with Crippen LogP contribution in [0.4, 0.5) is 0 Å². The first-order valence-electron chi connectivity index (χ1n) is 14.4. The van der Waals surface area contributed by atoms with Crippen LogP contribution in [0.15, 0.2) is 66.2 Å². The van der Waals surface area contributed by atoms with Crippen molar-refractivity contribution < 1.29 is 51.0 Å². The van der Waals surface area contributed by atoms with Crippen molar-refractivity contribution in [1.82, 2.24) is 0 Å². The Hall–Kier alpha value is -0.830. The van der Waals surface area contributed by atoms with Crippen molar-refractivity contribution in [3.8, 4) is 11.1 Å². The molecule has 0 saturated heterocycles. The number of allylic oxidation sites excluding steroid dienone is 1. The summed E-state index contributed by atoms with van der Waals surface area (Å²) >= 11 is 2.03. The maximum Gasteiger partial charge on any atom is 3.00 e. The van der Waals surface area contributed by atoms with Crippen LogP contribution in [0.5, 0.6) is 0 Å². The molecule has 1 radical (unpaired) electrons. The van der Waals surface area contributed by atoms with Crippen molar-refractivity contribution in [2.75, 3.05) is 0 Å². The maximum atomic E-state index is 2.52. The van der Waals surface area contributed by atoms with Crippen LogP contribution >= 0.6 is 11.3 Å². The molecule has 1 unspecified atom stereocenters. The number of hydrogen-bond acceptors (Lipinski definition) is 1. The minimum absolute atomic E-state index is 0. The van der Waals surface area contributed by atoms with Crippen LogP contribution in [0.1, 0.15) is 96.7 Å². The van der Waals surface area contributed by atoms with Crippen molar-refractivity contribution in [3.05, 3.63) is 92.7 Å². The van der Waals surface area contributed by atoms with Gasteiger partial charge in [0, 0.05) is 15.3 Å². The number of thiophene rings is 1. The summed E-state index contributed by atoms with van der Waals surface area (Å²) in [6.07, 6.45) is 6.96. The Morgan fingerprint density at radius 2 is 1.55 bits per heavy atom. The summed E-state index contributed by atoms with van der Waals surface area (Å²) in [5, 5.41) is 4.54. The minimum Gasteiger partial charge on any atom is -1.00 e. The third-order valence-corrected chi connectivity index (χ3v) is 14.8. The molecule has 8 rings (SSSR count). The second-order valence-electron chi connectivity index (χ2n) is 12.6. The van der Waals surface area contributed by atoms with Gasteiger partial charge >= 0.3 is 26.2 Å². The van der Waals surface area contributed by atoms with Crippen LogP contribution in [-0.2, 0) is 26.2 Å². The van der Waals surface area contributed by atoms with Gasteiger partial charge < -0.3 is 24.8 Å². The van der Waals surface area contributed by atoms with Gasteiger partial charge in [-0.05, 0) is 61.3 Å². The topological polar surface area (TPSA) is 0 Å². The maximum absolute atomic E-state index is 2.52.